The van der Waals surface area contributed by atoms with Gasteiger partial charge in [0.25, 0.3) is 6.29 Å². The van der Waals surface area contributed by atoms with Crippen LogP contribution >= 0.6 is 0 Å². The molecule has 9 heteroatoms. The number of carboxylic acids is 1. The smallest absolute Gasteiger partial charge is 0.361 e. The van der Waals surface area contributed by atoms with Crippen molar-refractivity contribution in [1.29, 1.82) is 0 Å². The number of unbranched alkanes of at least 4 members (excludes halogenated alkanes) is 42. The van der Waals surface area contributed by atoms with Crippen molar-refractivity contribution in [3.63, 3.8) is 0 Å². The van der Waals surface area contributed by atoms with E-state index in [4.69, 9.17) is 18.9 Å². The minimum atomic E-state index is -1.50. The van der Waals surface area contributed by atoms with E-state index in [0.717, 1.165) is 44.9 Å². The van der Waals surface area contributed by atoms with Gasteiger partial charge in [0.2, 0.25) is 0 Å². The summed E-state index contributed by atoms with van der Waals surface area (Å²) in [6, 6.07) is 0. The second-order valence-corrected chi connectivity index (χ2v) is 23.4. The fourth-order valence-electron chi connectivity index (χ4n) is 9.70. The van der Waals surface area contributed by atoms with Crippen LogP contribution in [0.1, 0.15) is 322 Å². The highest BCUT2D eigenvalue weighted by Crippen LogP contribution is 2.18. The zero-order chi connectivity index (χ0) is 54.8. The van der Waals surface area contributed by atoms with Crippen LogP contribution in [0.4, 0.5) is 0 Å². The Morgan fingerprint density at radius 2 is 0.720 bits per heavy atom. The number of nitrogens with zero attached hydrogens (tertiary/aromatic N) is 1. The summed E-state index contributed by atoms with van der Waals surface area (Å²) in [6.45, 7) is 4.91. The van der Waals surface area contributed by atoms with Gasteiger partial charge in [0, 0.05) is 12.8 Å². The average Bonchev–Trinajstić information content (AvgIpc) is 3.38. The van der Waals surface area contributed by atoms with E-state index in [2.05, 4.69) is 38.2 Å². The molecule has 442 valence electrons. The number of likely N-dealkylation sites (N-methyl/N-ethyl adjacent to an activating group) is 1. The monoisotopic (exact) mass is 1060 g/mol. The van der Waals surface area contributed by atoms with Gasteiger partial charge in [0.1, 0.15) is 13.2 Å². The molecule has 9 nitrogen and oxygen atoms in total. The van der Waals surface area contributed by atoms with Crippen molar-refractivity contribution in [2.45, 2.75) is 334 Å². The van der Waals surface area contributed by atoms with Crippen LogP contribution in [0.5, 0.6) is 0 Å². The summed E-state index contributed by atoms with van der Waals surface area (Å²) >= 11 is 0. The molecule has 0 amide bonds. The van der Waals surface area contributed by atoms with E-state index in [1.165, 1.54) is 250 Å². The molecule has 0 aliphatic heterocycles. The fraction of sp³-hybridized carbons (Fsp3) is 0.894. The second-order valence-electron chi connectivity index (χ2n) is 23.4. The van der Waals surface area contributed by atoms with Crippen LogP contribution in [-0.2, 0) is 33.3 Å². The summed E-state index contributed by atoms with van der Waals surface area (Å²) in [5, 5.41) is 9.70. The maximum absolute atomic E-state index is 12.9. The molecule has 0 aromatic carbocycles. The highest BCUT2D eigenvalue weighted by atomic mass is 16.7. The Kier molecular flexibility index (Phi) is 56.2. The average molecular weight is 1060 g/mol. The number of ether oxygens (including phenoxy) is 4. The predicted molar refractivity (Wildman–Crippen MR) is 318 cm³/mol. The quantitative estimate of drug-likeness (QED) is 0.0211. The molecule has 0 heterocycles. The second kappa shape index (κ2) is 57.9. The summed E-state index contributed by atoms with van der Waals surface area (Å²) in [4.78, 5) is 37.4. The number of rotatable bonds is 61. The molecule has 0 saturated heterocycles. The Hall–Kier alpha value is -2.23. The Morgan fingerprint density at radius 1 is 0.400 bits per heavy atom. The van der Waals surface area contributed by atoms with E-state index < -0.39 is 18.4 Å². The normalized spacial score (nSPS) is 12.8. The van der Waals surface area contributed by atoms with E-state index in [9.17, 15) is 19.5 Å². The van der Waals surface area contributed by atoms with Crippen LogP contribution in [0.3, 0.4) is 0 Å². The van der Waals surface area contributed by atoms with Gasteiger partial charge < -0.3 is 28.5 Å². The van der Waals surface area contributed by atoms with Gasteiger partial charge in [-0.05, 0) is 44.9 Å². The number of aliphatic carboxylic acids is 1. The van der Waals surface area contributed by atoms with Gasteiger partial charge in [-0.1, -0.05) is 289 Å². The highest BCUT2D eigenvalue weighted by Gasteiger charge is 2.25. The highest BCUT2D eigenvalue weighted by molar-refractivity contribution is 5.71. The molecule has 0 rings (SSSR count). The Bertz CT molecular complexity index is 1280. The molecule has 0 bridgehead atoms. The Balaban J connectivity index is 3.94. The molecule has 2 unspecified atom stereocenters. The molecule has 0 radical (unpaired) electrons. The predicted octanol–water partition coefficient (Wildman–Crippen LogP) is 19.5. The lowest BCUT2D eigenvalue weighted by molar-refractivity contribution is -0.870. The van der Waals surface area contributed by atoms with E-state index >= 15 is 0 Å². The summed E-state index contributed by atoms with van der Waals surface area (Å²) in [7, 11) is 5.98. The van der Waals surface area contributed by atoms with Crippen molar-refractivity contribution >= 4 is 17.9 Å². The van der Waals surface area contributed by atoms with Crippen LogP contribution in [-0.4, -0.2) is 87.4 Å². The summed E-state index contributed by atoms with van der Waals surface area (Å²) in [6.07, 6.45) is 67.3. The molecular weight excluding hydrogens is 935 g/mol. The third-order valence-electron chi connectivity index (χ3n) is 14.7. The first kappa shape index (κ1) is 72.8. The van der Waals surface area contributed by atoms with Crippen LogP contribution in [0.2, 0.25) is 0 Å². The molecule has 0 saturated carbocycles. The number of allylic oxidation sites excluding steroid dienone is 4. The zero-order valence-corrected chi connectivity index (χ0v) is 50.5. The number of carboxylic acid groups (broad SMARTS) is 1. The summed E-state index contributed by atoms with van der Waals surface area (Å²) in [5.74, 6) is -1.98. The van der Waals surface area contributed by atoms with Crippen LogP contribution < -0.4 is 0 Å². The van der Waals surface area contributed by atoms with E-state index in [-0.39, 0.29) is 38.2 Å². The van der Waals surface area contributed by atoms with Gasteiger partial charge in [0.05, 0.1) is 34.4 Å². The SMILES string of the molecule is CCCCCCC/C=C\C/C=C\CCCCCCCCCCCCCCCCCCCCCCCCCCCC(=O)OC(COC(=O)CCCCCCCCCCCCCCC)COC(OCC[N+](C)(C)C)C(=O)O. The Morgan fingerprint density at radius 3 is 1.05 bits per heavy atom. The number of hydrogen-bond donors (Lipinski definition) is 1. The molecule has 0 aliphatic carbocycles. The number of carbonyl (C=O) groups excluding carboxylic acids is 2. The van der Waals surface area contributed by atoms with Crippen molar-refractivity contribution in [2.24, 2.45) is 0 Å². The van der Waals surface area contributed by atoms with Crippen LogP contribution in [0.25, 0.3) is 0 Å². The molecule has 75 heavy (non-hydrogen) atoms. The Labute approximate surface area is 465 Å². The van der Waals surface area contributed by atoms with Crippen LogP contribution in [0.15, 0.2) is 24.3 Å². The van der Waals surface area contributed by atoms with Gasteiger partial charge in [-0.15, -0.1) is 0 Å². The van der Waals surface area contributed by atoms with E-state index in [1.807, 2.05) is 21.1 Å². The standard InChI is InChI=1S/C66H125NO8/c1-6-8-10-12-14-16-18-20-21-22-23-24-25-26-27-28-29-30-31-32-33-34-35-36-37-38-39-40-41-42-43-45-47-49-51-53-55-57-64(69)75-62(61-74-66(65(70)71)72-59-58-67(3,4)5)60-73-63(68)56-54-52-50-48-46-44-19-17-15-13-11-9-7-2/h18,20,22-23,62,66H,6-17,19,21,24-61H2,1-5H3/p+1/b20-18-,23-22-. The number of hydrogen-bond acceptors (Lipinski definition) is 7. The first-order valence-corrected chi connectivity index (χ1v) is 32.5. The van der Waals surface area contributed by atoms with Crippen molar-refractivity contribution in [2.75, 3.05) is 47.5 Å². The zero-order valence-electron chi connectivity index (χ0n) is 50.5. The van der Waals surface area contributed by atoms with Crippen molar-refractivity contribution in [3.8, 4) is 0 Å². The van der Waals surface area contributed by atoms with Gasteiger partial charge in [-0.2, -0.15) is 0 Å². The third kappa shape index (κ3) is 59.3. The molecule has 0 aromatic heterocycles. The first-order valence-electron chi connectivity index (χ1n) is 32.5. The number of quaternary nitrogens is 1. The van der Waals surface area contributed by atoms with E-state index in [1.54, 1.807) is 0 Å². The van der Waals surface area contributed by atoms with Crippen molar-refractivity contribution in [1.82, 2.24) is 0 Å². The lowest BCUT2D eigenvalue weighted by Gasteiger charge is -2.25. The van der Waals surface area contributed by atoms with Gasteiger partial charge in [-0.25, -0.2) is 4.79 Å². The fourth-order valence-corrected chi connectivity index (χ4v) is 9.70. The minimum Gasteiger partial charge on any atom is -0.477 e. The third-order valence-corrected chi connectivity index (χ3v) is 14.7. The van der Waals surface area contributed by atoms with Gasteiger partial charge in [0.15, 0.2) is 6.10 Å². The maximum Gasteiger partial charge on any atom is 0.361 e. The lowest BCUT2D eigenvalue weighted by Crippen LogP contribution is -2.40. The molecule has 1 N–H and O–H groups in total. The molecule has 2 atom stereocenters. The lowest BCUT2D eigenvalue weighted by atomic mass is 10.0. The molecule has 0 aliphatic rings. The largest absolute Gasteiger partial charge is 0.477 e. The van der Waals surface area contributed by atoms with Crippen molar-refractivity contribution in [3.05, 3.63) is 24.3 Å². The molecule has 0 aromatic rings. The first-order chi connectivity index (χ1) is 36.6. The number of carbonyl (C=O) groups is 3. The maximum atomic E-state index is 12.9. The van der Waals surface area contributed by atoms with Crippen molar-refractivity contribution < 1.29 is 42.9 Å². The van der Waals surface area contributed by atoms with Crippen LogP contribution in [0, 0.1) is 0 Å². The number of esters is 2. The van der Waals surface area contributed by atoms with Gasteiger partial charge in [-0.3, -0.25) is 9.59 Å². The summed E-state index contributed by atoms with van der Waals surface area (Å²) in [5.41, 5.74) is 0. The molecule has 0 fully saturated rings. The summed E-state index contributed by atoms with van der Waals surface area (Å²) < 4.78 is 22.9. The van der Waals surface area contributed by atoms with Gasteiger partial charge >= 0.3 is 17.9 Å². The van der Waals surface area contributed by atoms with E-state index in [0.29, 0.717) is 17.4 Å². The molecular formula is C66H126NO8+. The topological polar surface area (TPSA) is 108 Å². The molecule has 0 spiro atoms. The minimum absolute atomic E-state index is 0.174.